The van der Waals surface area contributed by atoms with Crippen molar-refractivity contribution in [3.8, 4) is 0 Å². The first kappa shape index (κ1) is 17.9. The van der Waals surface area contributed by atoms with Crippen LogP contribution in [-0.2, 0) is 20.5 Å². The molecule has 1 aliphatic carbocycles. The van der Waals surface area contributed by atoms with E-state index in [2.05, 4.69) is 27.0 Å². The average Bonchev–Trinajstić information content (AvgIpc) is 3.13. The second-order valence-electron chi connectivity index (χ2n) is 8.96. The molecule has 0 bridgehead atoms. The number of hydrogen-bond acceptors (Lipinski definition) is 6. The third kappa shape index (κ3) is 2.50. The topological polar surface area (TPSA) is 75.6 Å². The van der Waals surface area contributed by atoms with Gasteiger partial charge in [0.25, 0.3) is 0 Å². The second kappa shape index (κ2) is 6.27. The SMILES string of the molecule is O=C1O[C@]2(CCN(C(=O)C3(c4ccc(N5CCCC5)nc4)CC3)C2)c2ccncc21. The molecule has 154 valence electrons. The van der Waals surface area contributed by atoms with Gasteiger partial charge < -0.3 is 14.5 Å². The van der Waals surface area contributed by atoms with Crippen LogP contribution in [0, 0.1) is 0 Å². The maximum atomic E-state index is 13.5. The van der Waals surface area contributed by atoms with Gasteiger partial charge in [-0.15, -0.1) is 0 Å². The number of likely N-dealkylation sites (tertiary alicyclic amines) is 1. The molecule has 1 atom stereocenters. The lowest BCUT2D eigenvalue weighted by molar-refractivity contribution is -0.134. The Morgan fingerprint density at radius 1 is 1.03 bits per heavy atom. The first-order chi connectivity index (χ1) is 14.6. The minimum Gasteiger partial charge on any atom is -0.449 e. The smallest absolute Gasteiger partial charge is 0.341 e. The van der Waals surface area contributed by atoms with Crippen molar-refractivity contribution in [1.29, 1.82) is 0 Å². The Balaban J connectivity index is 1.23. The highest BCUT2D eigenvalue weighted by Gasteiger charge is 2.58. The van der Waals surface area contributed by atoms with Gasteiger partial charge in [0.1, 0.15) is 5.82 Å². The number of aromatic nitrogens is 2. The lowest BCUT2D eigenvalue weighted by Gasteiger charge is -2.27. The van der Waals surface area contributed by atoms with Crippen molar-refractivity contribution in [3.63, 3.8) is 0 Å². The third-order valence-corrected chi connectivity index (χ3v) is 7.23. The van der Waals surface area contributed by atoms with E-state index >= 15 is 0 Å². The Kier molecular flexibility index (Phi) is 3.73. The highest BCUT2D eigenvalue weighted by Crippen LogP contribution is 2.52. The van der Waals surface area contributed by atoms with Gasteiger partial charge in [-0.2, -0.15) is 0 Å². The molecule has 0 aromatic carbocycles. The molecular formula is C23H24N4O3. The van der Waals surface area contributed by atoms with Crippen LogP contribution in [0.3, 0.4) is 0 Å². The molecule has 0 radical (unpaired) electrons. The molecule has 6 rings (SSSR count). The number of rotatable bonds is 3. The summed E-state index contributed by atoms with van der Waals surface area (Å²) in [6.07, 6.45) is 9.89. The van der Waals surface area contributed by atoms with Crippen LogP contribution in [0.5, 0.6) is 0 Å². The molecule has 0 N–H and O–H groups in total. The van der Waals surface area contributed by atoms with Gasteiger partial charge in [0.15, 0.2) is 5.60 Å². The zero-order valence-corrected chi connectivity index (χ0v) is 16.8. The predicted octanol–water partition coefficient (Wildman–Crippen LogP) is 2.41. The summed E-state index contributed by atoms with van der Waals surface area (Å²) < 4.78 is 5.78. The van der Waals surface area contributed by atoms with Crippen molar-refractivity contribution in [1.82, 2.24) is 14.9 Å². The molecule has 2 aromatic rings. The molecule has 3 fully saturated rings. The van der Waals surface area contributed by atoms with Gasteiger partial charge in [-0.1, -0.05) is 6.07 Å². The minimum absolute atomic E-state index is 0.133. The molecular weight excluding hydrogens is 380 g/mol. The Labute approximate surface area is 175 Å². The number of amides is 1. The van der Waals surface area contributed by atoms with E-state index in [1.165, 1.54) is 12.8 Å². The average molecular weight is 404 g/mol. The number of anilines is 1. The summed E-state index contributed by atoms with van der Waals surface area (Å²) in [5.74, 6) is 0.798. The molecule has 1 saturated carbocycles. The van der Waals surface area contributed by atoms with Crippen LogP contribution in [0.2, 0.25) is 0 Å². The summed E-state index contributed by atoms with van der Waals surface area (Å²) in [7, 11) is 0. The fourth-order valence-corrected chi connectivity index (χ4v) is 5.36. The Hall–Kier alpha value is -2.96. The van der Waals surface area contributed by atoms with Crippen molar-refractivity contribution in [3.05, 3.63) is 53.5 Å². The van der Waals surface area contributed by atoms with Crippen molar-refractivity contribution in [2.45, 2.75) is 43.1 Å². The summed E-state index contributed by atoms with van der Waals surface area (Å²) in [5.41, 5.74) is 1.20. The number of carbonyl (C=O) groups excluding carboxylic acids is 2. The van der Waals surface area contributed by atoms with Gasteiger partial charge in [-0.25, -0.2) is 9.78 Å². The Morgan fingerprint density at radius 2 is 1.87 bits per heavy atom. The Bertz CT molecular complexity index is 1030. The predicted molar refractivity (Wildman–Crippen MR) is 109 cm³/mol. The molecule has 2 aromatic heterocycles. The molecule has 3 aliphatic heterocycles. The van der Waals surface area contributed by atoms with E-state index in [1.807, 2.05) is 17.2 Å². The summed E-state index contributed by atoms with van der Waals surface area (Å²) in [5, 5.41) is 0. The van der Waals surface area contributed by atoms with Crippen LogP contribution in [-0.4, -0.2) is 52.9 Å². The number of carbonyl (C=O) groups is 2. The van der Waals surface area contributed by atoms with Crippen LogP contribution < -0.4 is 4.90 Å². The summed E-state index contributed by atoms with van der Waals surface area (Å²) in [4.78, 5) is 38.7. The van der Waals surface area contributed by atoms with E-state index in [9.17, 15) is 9.59 Å². The number of esters is 1. The largest absolute Gasteiger partial charge is 0.449 e. The molecule has 4 aliphatic rings. The number of pyridine rings is 2. The molecule has 30 heavy (non-hydrogen) atoms. The lowest BCUT2D eigenvalue weighted by Crippen LogP contribution is -2.40. The van der Waals surface area contributed by atoms with Gasteiger partial charge in [0.05, 0.1) is 17.5 Å². The lowest BCUT2D eigenvalue weighted by atomic mass is 9.92. The second-order valence-corrected chi connectivity index (χ2v) is 8.96. The van der Waals surface area contributed by atoms with Crippen LogP contribution in [0.25, 0.3) is 0 Å². The van der Waals surface area contributed by atoms with Crippen LogP contribution in [0.4, 0.5) is 5.82 Å². The van der Waals surface area contributed by atoms with E-state index in [-0.39, 0.29) is 11.9 Å². The van der Waals surface area contributed by atoms with E-state index < -0.39 is 11.0 Å². The summed E-state index contributed by atoms with van der Waals surface area (Å²) >= 11 is 0. The quantitative estimate of drug-likeness (QED) is 0.732. The van der Waals surface area contributed by atoms with Gasteiger partial charge in [-0.3, -0.25) is 9.78 Å². The van der Waals surface area contributed by atoms with Gasteiger partial charge in [0, 0.05) is 50.2 Å². The van der Waals surface area contributed by atoms with Crippen molar-refractivity contribution in [2.24, 2.45) is 0 Å². The van der Waals surface area contributed by atoms with Gasteiger partial charge in [0.2, 0.25) is 5.91 Å². The van der Waals surface area contributed by atoms with E-state index in [1.54, 1.807) is 12.4 Å². The van der Waals surface area contributed by atoms with Crippen molar-refractivity contribution < 1.29 is 14.3 Å². The number of nitrogens with zero attached hydrogens (tertiary/aromatic N) is 4. The minimum atomic E-state index is -0.723. The maximum absolute atomic E-state index is 13.5. The fraction of sp³-hybridized carbons (Fsp3) is 0.478. The van der Waals surface area contributed by atoms with Crippen LogP contribution in [0.1, 0.15) is 53.6 Å². The molecule has 7 nitrogen and oxygen atoms in total. The van der Waals surface area contributed by atoms with Crippen LogP contribution in [0.15, 0.2) is 36.8 Å². The normalized spacial score (nSPS) is 26.2. The van der Waals surface area contributed by atoms with Crippen molar-refractivity contribution in [2.75, 3.05) is 31.1 Å². The highest BCUT2D eigenvalue weighted by atomic mass is 16.6. The maximum Gasteiger partial charge on any atom is 0.341 e. The van der Waals surface area contributed by atoms with E-state index in [0.29, 0.717) is 25.1 Å². The molecule has 5 heterocycles. The van der Waals surface area contributed by atoms with Crippen LogP contribution >= 0.6 is 0 Å². The monoisotopic (exact) mass is 404 g/mol. The summed E-state index contributed by atoms with van der Waals surface area (Å²) in [6.45, 7) is 3.12. The van der Waals surface area contributed by atoms with Gasteiger partial charge >= 0.3 is 5.97 Å². The molecule has 7 heteroatoms. The summed E-state index contributed by atoms with van der Waals surface area (Å²) in [6, 6.07) is 5.98. The number of hydrogen-bond donors (Lipinski definition) is 0. The van der Waals surface area contributed by atoms with Crippen molar-refractivity contribution >= 4 is 17.7 Å². The zero-order chi connectivity index (χ0) is 20.3. The molecule has 1 spiro atoms. The van der Waals surface area contributed by atoms with Gasteiger partial charge in [-0.05, 0) is 43.4 Å². The third-order valence-electron chi connectivity index (χ3n) is 7.23. The van der Waals surface area contributed by atoms with E-state index in [0.717, 1.165) is 42.9 Å². The molecule has 1 amide bonds. The Morgan fingerprint density at radius 3 is 2.60 bits per heavy atom. The first-order valence-corrected chi connectivity index (χ1v) is 10.8. The standard InChI is InChI=1S/C23H24N4O3/c28-20-17-14-24-9-5-18(17)23(30-20)8-12-27(15-23)21(29)22(6-7-22)16-3-4-19(25-13-16)26-10-1-2-11-26/h3-5,9,13-14H,1-2,6-8,10-12,15H2/t23-/m0/s1. The highest BCUT2D eigenvalue weighted by molar-refractivity contribution is 5.95. The van der Waals surface area contributed by atoms with E-state index in [4.69, 9.17) is 4.74 Å². The molecule has 2 saturated heterocycles. The first-order valence-electron chi connectivity index (χ1n) is 10.8. The number of ether oxygens (including phenoxy) is 1. The molecule has 0 unspecified atom stereocenters. The zero-order valence-electron chi connectivity index (χ0n) is 16.8. The number of fused-ring (bicyclic) bond motifs is 2. The fourth-order valence-electron chi connectivity index (χ4n) is 5.36.